The second-order valence-corrected chi connectivity index (χ2v) is 10.2. The molecule has 0 bridgehead atoms. The van der Waals surface area contributed by atoms with Gasteiger partial charge in [0.1, 0.15) is 17.8 Å². The van der Waals surface area contributed by atoms with Gasteiger partial charge < -0.3 is 36.4 Å². The highest BCUT2D eigenvalue weighted by molar-refractivity contribution is 5.97. The predicted molar refractivity (Wildman–Crippen MR) is 136 cm³/mol. The zero-order valence-electron chi connectivity index (χ0n) is 21.6. The fourth-order valence-corrected chi connectivity index (χ4v) is 4.45. The first-order valence-electron chi connectivity index (χ1n) is 13.0. The summed E-state index contributed by atoms with van der Waals surface area (Å²) in [5, 5.41) is 17.6. The number of hydrogen-bond acceptors (Lipinski definition) is 7. The average molecular weight is 518 g/mol. The maximum atomic E-state index is 13.0. The van der Waals surface area contributed by atoms with E-state index < -0.39 is 42.0 Å². The maximum Gasteiger partial charge on any atom is 0.253 e. The fraction of sp³-hybridized carbons (Fsp3) is 0.615. The van der Waals surface area contributed by atoms with Gasteiger partial charge in [0.05, 0.1) is 0 Å². The molecule has 2 aliphatic rings. The summed E-state index contributed by atoms with van der Waals surface area (Å²) in [6, 6.07) is 4.29. The van der Waals surface area contributed by atoms with Crippen molar-refractivity contribution in [1.29, 1.82) is 0 Å². The van der Waals surface area contributed by atoms with E-state index in [1.165, 1.54) is 31.4 Å². The minimum atomic E-state index is -1.00. The molecule has 0 aliphatic carbocycles. The van der Waals surface area contributed by atoms with Gasteiger partial charge in [0, 0.05) is 19.5 Å². The van der Waals surface area contributed by atoms with Gasteiger partial charge >= 0.3 is 0 Å². The average Bonchev–Trinajstić information content (AvgIpc) is 3.66. The zero-order valence-corrected chi connectivity index (χ0v) is 21.6. The number of piperidine rings is 1. The molecule has 11 heteroatoms. The van der Waals surface area contributed by atoms with E-state index in [0.717, 1.165) is 19.6 Å². The Labute approximate surface area is 217 Å². The zero-order chi connectivity index (χ0) is 26.9. The number of nitrogens with zero attached hydrogens (tertiary/aromatic N) is 1. The van der Waals surface area contributed by atoms with Gasteiger partial charge in [0.15, 0.2) is 12.2 Å². The van der Waals surface area contributed by atoms with Crippen molar-refractivity contribution in [3.63, 3.8) is 0 Å². The Morgan fingerprint density at radius 2 is 1.65 bits per heavy atom. The quantitative estimate of drug-likeness (QED) is 0.226. The van der Waals surface area contributed by atoms with Crippen molar-refractivity contribution < 1.29 is 29.0 Å². The van der Waals surface area contributed by atoms with Crippen LogP contribution in [0.3, 0.4) is 0 Å². The first kappa shape index (κ1) is 28.4. The van der Waals surface area contributed by atoms with Crippen LogP contribution in [-0.4, -0.2) is 84.1 Å². The van der Waals surface area contributed by atoms with Gasteiger partial charge in [0.25, 0.3) is 11.8 Å². The molecular formula is C26H39N5O6. The number of nitrogens with one attached hydrogen (secondary N) is 3. The van der Waals surface area contributed by atoms with E-state index in [1.54, 1.807) is 12.1 Å². The molecule has 4 amide bonds. The first-order chi connectivity index (χ1) is 17.6. The number of rotatable bonds is 13. The monoisotopic (exact) mass is 517 g/mol. The molecule has 2 saturated heterocycles. The number of nitrogens with two attached hydrogens (primary N) is 1. The van der Waals surface area contributed by atoms with Crippen molar-refractivity contribution in [2.24, 2.45) is 11.7 Å². The molecule has 4 atom stereocenters. The van der Waals surface area contributed by atoms with E-state index in [9.17, 15) is 24.3 Å². The number of amides is 4. The molecule has 204 valence electrons. The highest BCUT2D eigenvalue weighted by Gasteiger charge is 2.51. The molecule has 0 spiro atoms. The van der Waals surface area contributed by atoms with Crippen LogP contribution in [-0.2, 0) is 30.3 Å². The highest BCUT2D eigenvalue weighted by atomic mass is 16.6. The molecule has 0 radical (unpaired) electrons. The van der Waals surface area contributed by atoms with Crippen molar-refractivity contribution in [3.8, 4) is 5.75 Å². The Balaban J connectivity index is 1.50. The number of epoxide rings is 1. The van der Waals surface area contributed by atoms with Crippen molar-refractivity contribution in [1.82, 2.24) is 20.9 Å². The molecule has 11 nitrogen and oxygen atoms in total. The van der Waals surface area contributed by atoms with Gasteiger partial charge in [0.2, 0.25) is 11.8 Å². The topological polar surface area (TPSA) is 166 Å². The molecule has 1 aromatic rings. The van der Waals surface area contributed by atoms with Crippen LogP contribution < -0.4 is 21.7 Å². The third-order valence-corrected chi connectivity index (χ3v) is 6.56. The van der Waals surface area contributed by atoms with E-state index in [2.05, 4.69) is 20.9 Å². The number of likely N-dealkylation sites (tertiary alicyclic amines) is 1. The number of carbonyl (C=O) groups is 4. The molecule has 0 aromatic heterocycles. The highest BCUT2D eigenvalue weighted by Crippen LogP contribution is 2.23. The molecule has 3 rings (SSSR count). The Morgan fingerprint density at radius 1 is 1.00 bits per heavy atom. The van der Waals surface area contributed by atoms with Crippen LogP contribution in [0.25, 0.3) is 0 Å². The summed E-state index contributed by atoms with van der Waals surface area (Å²) in [4.78, 5) is 52.5. The molecular weight excluding hydrogens is 478 g/mol. The molecule has 37 heavy (non-hydrogen) atoms. The molecule has 2 fully saturated rings. The van der Waals surface area contributed by atoms with Gasteiger partial charge in [-0.15, -0.1) is 0 Å². The van der Waals surface area contributed by atoms with Gasteiger partial charge in [-0.2, -0.15) is 0 Å². The third kappa shape index (κ3) is 9.01. The molecule has 2 aliphatic heterocycles. The van der Waals surface area contributed by atoms with E-state index in [4.69, 9.17) is 10.5 Å². The summed E-state index contributed by atoms with van der Waals surface area (Å²) >= 11 is 0. The van der Waals surface area contributed by atoms with E-state index >= 15 is 0 Å². The Bertz CT molecular complexity index is 947. The summed E-state index contributed by atoms with van der Waals surface area (Å²) in [5.41, 5.74) is 6.21. The molecule has 0 saturated carbocycles. The van der Waals surface area contributed by atoms with Gasteiger partial charge in [-0.05, 0) is 56.0 Å². The van der Waals surface area contributed by atoms with Crippen LogP contribution in [0.4, 0.5) is 0 Å². The summed E-state index contributed by atoms with van der Waals surface area (Å²) in [7, 11) is 0. The summed E-state index contributed by atoms with van der Waals surface area (Å²) in [6.07, 6.45) is 2.20. The van der Waals surface area contributed by atoms with Gasteiger partial charge in [-0.3, -0.25) is 19.2 Å². The van der Waals surface area contributed by atoms with E-state index in [-0.39, 0.29) is 24.0 Å². The first-order valence-corrected chi connectivity index (χ1v) is 13.0. The van der Waals surface area contributed by atoms with Crippen LogP contribution in [0.2, 0.25) is 0 Å². The molecule has 2 heterocycles. The number of phenols is 1. The number of hydrogen-bond donors (Lipinski definition) is 5. The van der Waals surface area contributed by atoms with Crippen LogP contribution in [0.15, 0.2) is 24.3 Å². The summed E-state index contributed by atoms with van der Waals surface area (Å²) < 4.78 is 5.31. The van der Waals surface area contributed by atoms with Gasteiger partial charge in [-0.25, -0.2) is 0 Å². The van der Waals surface area contributed by atoms with Crippen LogP contribution in [0, 0.1) is 5.92 Å². The number of carbonyl (C=O) groups excluding carboxylic acids is 4. The predicted octanol–water partition coefficient (Wildman–Crippen LogP) is -0.195. The molecule has 1 unspecified atom stereocenters. The van der Waals surface area contributed by atoms with Crippen LogP contribution in [0.5, 0.6) is 5.75 Å². The second-order valence-electron chi connectivity index (χ2n) is 10.2. The van der Waals surface area contributed by atoms with Crippen molar-refractivity contribution in [2.45, 2.75) is 70.2 Å². The van der Waals surface area contributed by atoms with E-state index in [0.29, 0.717) is 18.5 Å². The Morgan fingerprint density at radius 3 is 2.27 bits per heavy atom. The minimum Gasteiger partial charge on any atom is -0.508 e. The van der Waals surface area contributed by atoms with Crippen molar-refractivity contribution >= 4 is 23.6 Å². The standard InChI is InChI=1S/C26H39N5O6/c1-16(2)14-20(24(34)29-19(23(27)33)15-17-6-8-18(32)9-7-17)30-26(36)22-21(37-22)25(35)28-10-13-31-11-4-3-5-12-31/h6-9,16,19-22,32H,3-5,10-15H2,1-2H3,(H2,27,33)(H,28,35)(H,29,34)(H,30,36)/t19-,20-,21+,22?/m0/s1. The number of primary amides is 1. The normalized spacial score (nSPS) is 21.1. The molecule has 6 N–H and O–H groups in total. The number of benzene rings is 1. The van der Waals surface area contributed by atoms with Gasteiger partial charge in [-0.1, -0.05) is 32.4 Å². The lowest BCUT2D eigenvalue weighted by Gasteiger charge is -2.26. The smallest absolute Gasteiger partial charge is 0.253 e. The molecule has 1 aromatic carbocycles. The number of phenolic OH excluding ortho intramolecular Hbond substituents is 1. The van der Waals surface area contributed by atoms with Crippen LogP contribution >= 0.6 is 0 Å². The van der Waals surface area contributed by atoms with E-state index in [1.807, 2.05) is 13.8 Å². The second kappa shape index (κ2) is 13.4. The lowest BCUT2D eigenvalue weighted by molar-refractivity contribution is -0.132. The lowest BCUT2D eigenvalue weighted by atomic mass is 10.0. The van der Waals surface area contributed by atoms with Crippen molar-refractivity contribution in [2.75, 3.05) is 26.2 Å². The minimum absolute atomic E-state index is 0.0641. The largest absolute Gasteiger partial charge is 0.508 e. The summed E-state index contributed by atoms with van der Waals surface area (Å²) in [6.45, 7) is 7.12. The Hall–Kier alpha value is -3.18. The lowest BCUT2D eigenvalue weighted by Crippen LogP contribution is -2.54. The number of ether oxygens (including phenoxy) is 1. The van der Waals surface area contributed by atoms with Crippen molar-refractivity contribution in [3.05, 3.63) is 29.8 Å². The summed E-state index contributed by atoms with van der Waals surface area (Å²) in [5.74, 6) is -2.01. The Kier molecular flexibility index (Phi) is 10.3. The van der Waals surface area contributed by atoms with Crippen LogP contribution in [0.1, 0.15) is 45.1 Å². The number of aromatic hydroxyl groups is 1. The SMILES string of the molecule is CC(C)C[C@H](NC(=O)C1O[C@H]1C(=O)NCCN1CCCCC1)C(=O)N[C@@H](Cc1ccc(O)cc1)C(N)=O. The fourth-order valence-electron chi connectivity index (χ4n) is 4.45. The maximum absolute atomic E-state index is 13.0. The third-order valence-electron chi connectivity index (χ3n) is 6.56.